The first-order valence-corrected chi connectivity index (χ1v) is 8.71. The molecule has 4 nitrogen and oxygen atoms in total. The van der Waals surface area contributed by atoms with Crippen molar-refractivity contribution in [2.24, 2.45) is 0 Å². The van der Waals surface area contributed by atoms with Crippen LogP contribution < -0.4 is 0 Å². The minimum Gasteiger partial charge on any atom is -0.477 e. The Morgan fingerprint density at radius 3 is 2.52 bits per heavy atom. The second-order valence-electron chi connectivity index (χ2n) is 5.64. The number of aryl methyl sites for hydroxylation is 3. The van der Waals surface area contributed by atoms with Crippen molar-refractivity contribution < 1.29 is 9.90 Å². The molecule has 0 spiro atoms. The van der Waals surface area contributed by atoms with E-state index in [9.17, 15) is 9.90 Å². The third-order valence-electron chi connectivity index (χ3n) is 4.05. The highest BCUT2D eigenvalue weighted by molar-refractivity contribution is 7.17. The molecule has 0 amide bonds. The van der Waals surface area contributed by atoms with Crippen LogP contribution in [0.2, 0.25) is 0 Å². The van der Waals surface area contributed by atoms with Gasteiger partial charge in [-0.3, -0.25) is 4.40 Å². The van der Waals surface area contributed by atoms with E-state index in [-0.39, 0.29) is 0 Å². The second-order valence-corrected chi connectivity index (χ2v) is 6.82. The lowest BCUT2D eigenvalue weighted by Gasteiger charge is -2.06. The van der Waals surface area contributed by atoms with Gasteiger partial charge in [0.15, 0.2) is 10.7 Å². The fraction of sp³-hybridized carbons (Fsp3) is 0.333. The molecule has 3 rings (SSSR count). The second kappa shape index (κ2) is 6.16. The Morgan fingerprint density at radius 2 is 1.96 bits per heavy atom. The molecule has 3 aromatic rings. The molecular weight excluding hydrogens is 308 g/mol. The summed E-state index contributed by atoms with van der Waals surface area (Å²) in [5.74, 6) is -0.912. The first-order valence-electron chi connectivity index (χ1n) is 7.90. The van der Waals surface area contributed by atoms with Crippen LogP contribution in [0.1, 0.15) is 46.9 Å². The molecule has 5 heteroatoms. The van der Waals surface area contributed by atoms with E-state index in [1.807, 2.05) is 18.2 Å². The van der Waals surface area contributed by atoms with Crippen LogP contribution in [0.5, 0.6) is 0 Å². The minimum atomic E-state index is -0.912. The summed E-state index contributed by atoms with van der Waals surface area (Å²) < 4.78 is 1.81. The zero-order valence-corrected chi connectivity index (χ0v) is 14.4. The van der Waals surface area contributed by atoms with Gasteiger partial charge in [-0.15, -0.1) is 11.3 Å². The van der Waals surface area contributed by atoms with Gasteiger partial charge >= 0.3 is 5.97 Å². The van der Waals surface area contributed by atoms with Crippen LogP contribution in [0.3, 0.4) is 0 Å². The number of fused-ring (bicyclic) bond motifs is 1. The third kappa shape index (κ3) is 2.65. The van der Waals surface area contributed by atoms with Gasteiger partial charge in [-0.25, -0.2) is 9.78 Å². The van der Waals surface area contributed by atoms with Crippen molar-refractivity contribution in [1.82, 2.24) is 9.38 Å². The van der Waals surface area contributed by atoms with Crippen LogP contribution in [-0.4, -0.2) is 20.5 Å². The maximum Gasteiger partial charge on any atom is 0.354 e. The number of benzene rings is 1. The number of carbonyl (C=O) groups is 1. The number of rotatable bonds is 5. The van der Waals surface area contributed by atoms with Crippen LogP contribution in [0.4, 0.5) is 0 Å². The Labute approximate surface area is 139 Å². The molecule has 120 valence electrons. The van der Waals surface area contributed by atoms with Crippen molar-refractivity contribution in [3.05, 3.63) is 46.1 Å². The summed E-state index contributed by atoms with van der Waals surface area (Å²) >= 11 is 1.55. The zero-order valence-electron chi connectivity index (χ0n) is 13.6. The quantitative estimate of drug-likeness (QED) is 0.745. The summed E-state index contributed by atoms with van der Waals surface area (Å²) in [6.07, 6.45) is 2.55. The Hall–Kier alpha value is -2.14. The van der Waals surface area contributed by atoms with E-state index in [0.717, 1.165) is 33.9 Å². The smallest absolute Gasteiger partial charge is 0.354 e. The fourth-order valence-corrected chi connectivity index (χ4v) is 3.93. The van der Waals surface area contributed by atoms with Crippen molar-refractivity contribution in [3.63, 3.8) is 0 Å². The summed E-state index contributed by atoms with van der Waals surface area (Å²) in [5.41, 5.74) is 4.24. The van der Waals surface area contributed by atoms with Gasteiger partial charge in [-0.2, -0.15) is 0 Å². The molecule has 0 atom stereocenters. The van der Waals surface area contributed by atoms with E-state index in [1.54, 1.807) is 11.3 Å². The van der Waals surface area contributed by atoms with Crippen LogP contribution in [0.15, 0.2) is 24.3 Å². The van der Waals surface area contributed by atoms with Crippen molar-refractivity contribution in [3.8, 4) is 11.3 Å². The number of aromatic nitrogens is 2. The molecule has 0 saturated carbocycles. The molecule has 0 aliphatic carbocycles. The molecule has 0 saturated heterocycles. The Bertz CT molecular complexity index is 859. The number of carboxylic acids is 1. The van der Waals surface area contributed by atoms with Gasteiger partial charge < -0.3 is 5.11 Å². The predicted octanol–water partition coefficient (Wildman–Crippen LogP) is 4.58. The first-order chi connectivity index (χ1) is 11.1. The molecule has 0 aliphatic rings. The largest absolute Gasteiger partial charge is 0.477 e. The standard InChI is InChI=1S/C18H20N2O2S/c1-4-6-14-16(17(21)22)20-15(11(3)23-18(20)19-14)13-9-7-12(5-2)8-10-13/h7-10H,4-6H2,1-3H3,(H,21,22). The highest BCUT2D eigenvalue weighted by atomic mass is 32.1. The average molecular weight is 328 g/mol. The van der Waals surface area contributed by atoms with Crippen molar-refractivity contribution >= 4 is 22.3 Å². The average Bonchev–Trinajstić information content (AvgIpc) is 3.01. The molecule has 2 aromatic heterocycles. The topological polar surface area (TPSA) is 54.6 Å². The molecule has 0 radical (unpaired) electrons. The van der Waals surface area contributed by atoms with Gasteiger partial charge in [0.1, 0.15) is 0 Å². The maximum atomic E-state index is 11.8. The van der Waals surface area contributed by atoms with E-state index in [2.05, 4.69) is 36.2 Å². The van der Waals surface area contributed by atoms with E-state index < -0.39 is 5.97 Å². The van der Waals surface area contributed by atoms with Crippen molar-refractivity contribution in [1.29, 1.82) is 0 Å². The number of hydrogen-bond donors (Lipinski definition) is 1. The predicted molar refractivity (Wildman–Crippen MR) is 93.6 cm³/mol. The molecular formula is C18H20N2O2S. The maximum absolute atomic E-state index is 11.8. The number of imidazole rings is 1. The summed E-state index contributed by atoms with van der Waals surface area (Å²) in [5, 5.41) is 9.69. The van der Waals surface area contributed by atoms with Crippen LogP contribution >= 0.6 is 11.3 Å². The highest BCUT2D eigenvalue weighted by Gasteiger charge is 2.23. The normalized spacial score (nSPS) is 11.3. The Balaban J connectivity index is 2.26. The number of carboxylic acid groups (broad SMARTS) is 1. The fourth-order valence-electron chi connectivity index (χ4n) is 2.92. The molecule has 1 aromatic carbocycles. The monoisotopic (exact) mass is 328 g/mol. The molecule has 2 heterocycles. The SMILES string of the molecule is CCCc1nc2sc(C)c(-c3ccc(CC)cc3)n2c1C(=O)O. The molecule has 0 aliphatic heterocycles. The van der Waals surface area contributed by atoms with Crippen LogP contribution in [0, 0.1) is 6.92 Å². The lowest BCUT2D eigenvalue weighted by Crippen LogP contribution is -2.06. The van der Waals surface area contributed by atoms with E-state index in [0.29, 0.717) is 17.8 Å². The van der Waals surface area contributed by atoms with Crippen LogP contribution in [0.25, 0.3) is 16.2 Å². The lowest BCUT2D eigenvalue weighted by atomic mass is 10.1. The van der Waals surface area contributed by atoms with Gasteiger partial charge in [0.25, 0.3) is 0 Å². The summed E-state index contributed by atoms with van der Waals surface area (Å²) in [6, 6.07) is 8.34. The lowest BCUT2D eigenvalue weighted by molar-refractivity contribution is 0.0688. The minimum absolute atomic E-state index is 0.306. The number of thiazole rings is 1. The van der Waals surface area contributed by atoms with Crippen molar-refractivity contribution in [2.75, 3.05) is 0 Å². The summed E-state index contributed by atoms with van der Waals surface area (Å²) in [6.45, 7) is 6.18. The Morgan fingerprint density at radius 1 is 1.26 bits per heavy atom. The van der Waals surface area contributed by atoms with Gasteiger partial charge in [-0.1, -0.05) is 44.5 Å². The molecule has 1 N–H and O–H groups in total. The molecule has 0 unspecified atom stereocenters. The highest BCUT2D eigenvalue weighted by Crippen LogP contribution is 2.34. The van der Waals surface area contributed by atoms with E-state index in [1.165, 1.54) is 5.56 Å². The molecule has 0 fully saturated rings. The van der Waals surface area contributed by atoms with Gasteiger partial charge in [0, 0.05) is 4.88 Å². The summed E-state index contributed by atoms with van der Waals surface area (Å²) in [4.78, 5) is 18.2. The van der Waals surface area contributed by atoms with Gasteiger partial charge in [0.2, 0.25) is 0 Å². The van der Waals surface area contributed by atoms with Crippen LogP contribution in [-0.2, 0) is 12.8 Å². The molecule has 23 heavy (non-hydrogen) atoms. The first kappa shape index (κ1) is 15.7. The van der Waals surface area contributed by atoms with Crippen molar-refractivity contribution in [2.45, 2.75) is 40.0 Å². The zero-order chi connectivity index (χ0) is 16.6. The number of aromatic carboxylic acids is 1. The number of hydrogen-bond acceptors (Lipinski definition) is 3. The van der Waals surface area contributed by atoms with E-state index >= 15 is 0 Å². The molecule has 0 bridgehead atoms. The number of nitrogens with zero attached hydrogens (tertiary/aromatic N) is 2. The van der Waals surface area contributed by atoms with E-state index in [4.69, 9.17) is 0 Å². The van der Waals surface area contributed by atoms with Gasteiger partial charge in [0.05, 0.1) is 11.4 Å². The Kier molecular flexibility index (Phi) is 4.22. The third-order valence-corrected chi connectivity index (χ3v) is 5.00. The van der Waals surface area contributed by atoms with Gasteiger partial charge in [-0.05, 0) is 30.9 Å². The summed E-state index contributed by atoms with van der Waals surface area (Å²) in [7, 11) is 0.